The van der Waals surface area contributed by atoms with Crippen molar-refractivity contribution in [3.8, 4) is 22.6 Å². The molecule has 14 nitrogen and oxygen atoms in total. The van der Waals surface area contributed by atoms with E-state index in [0.717, 1.165) is 0 Å². The zero-order valence-electron chi connectivity index (χ0n) is 30.7. The van der Waals surface area contributed by atoms with E-state index in [9.17, 15) is 37.9 Å². The number of carboxylic acids is 1. The molecule has 0 radical (unpaired) electrons. The van der Waals surface area contributed by atoms with E-state index >= 15 is 0 Å². The van der Waals surface area contributed by atoms with Crippen LogP contribution in [0.5, 0.6) is 0 Å². The van der Waals surface area contributed by atoms with Gasteiger partial charge in [-0.05, 0) is 73.2 Å². The molecule has 4 heterocycles. The van der Waals surface area contributed by atoms with Crippen molar-refractivity contribution in [2.45, 2.75) is 64.7 Å². The van der Waals surface area contributed by atoms with Gasteiger partial charge in [-0.2, -0.15) is 0 Å². The molecule has 55 heavy (non-hydrogen) atoms. The second-order valence-corrected chi connectivity index (χ2v) is 14.1. The third-order valence-corrected chi connectivity index (χ3v) is 8.98. The summed E-state index contributed by atoms with van der Waals surface area (Å²) in [7, 11) is 0. The maximum atomic E-state index is 13.1. The molecule has 2 aliphatic rings. The summed E-state index contributed by atoms with van der Waals surface area (Å²) in [6.07, 6.45) is 2.53. The van der Waals surface area contributed by atoms with E-state index < -0.39 is 41.7 Å². The summed E-state index contributed by atoms with van der Waals surface area (Å²) < 4.78 is 36.6. The molecule has 0 bridgehead atoms. The van der Waals surface area contributed by atoms with Gasteiger partial charge in [-0.15, -0.1) is 6.58 Å². The van der Waals surface area contributed by atoms with E-state index in [1.807, 2.05) is 27.7 Å². The topological polar surface area (TPSA) is 188 Å². The van der Waals surface area contributed by atoms with Gasteiger partial charge < -0.3 is 34.6 Å². The summed E-state index contributed by atoms with van der Waals surface area (Å²) >= 11 is 0. The van der Waals surface area contributed by atoms with Crippen molar-refractivity contribution in [3.63, 3.8) is 0 Å². The van der Waals surface area contributed by atoms with Crippen LogP contribution in [-0.4, -0.2) is 92.1 Å². The second-order valence-electron chi connectivity index (χ2n) is 14.1. The van der Waals surface area contributed by atoms with Crippen molar-refractivity contribution in [1.29, 1.82) is 0 Å². The van der Waals surface area contributed by atoms with Crippen LogP contribution in [0.2, 0.25) is 0 Å². The lowest BCUT2D eigenvalue weighted by Crippen LogP contribution is -2.63. The Morgan fingerprint density at radius 1 is 0.782 bits per heavy atom. The van der Waals surface area contributed by atoms with Gasteiger partial charge in [0.2, 0.25) is 11.8 Å². The zero-order chi connectivity index (χ0) is 40.0. The predicted molar refractivity (Wildman–Crippen MR) is 194 cm³/mol. The molecule has 2 aromatic heterocycles. The number of hydrogen-bond acceptors (Lipinski definition) is 9. The van der Waals surface area contributed by atoms with Crippen LogP contribution in [0.4, 0.5) is 8.78 Å². The van der Waals surface area contributed by atoms with Gasteiger partial charge in [0, 0.05) is 29.8 Å². The number of rotatable bonds is 10. The minimum atomic E-state index is -1.22. The molecule has 0 spiro atoms. The van der Waals surface area contributed by atoms with Crippen molar-refractivity contribution < 1.29 is 46.9 Å². The van der Waals surface area contributed by atoms with E-state index in [-0.39, 0.29) is 59.2 Å². The predicted octanol–water partition coefficient (Wildman–Crippen LogP) is 4.94. The molecule has 4 amide bonds. The Hall–Kier alpha value is -6.19. The summed E-state index contributed by atoms with van der Waals surface area (Å²) in [6, 6.07) is 11.2. The lowest BCUT2D eigenvalue weighted by atomic mass is 9.97. The fourth-order valence-electron chi connectivity index (χ4n) is 6.21. The number of nitrogens with one attached hydrogen (secondary N) is 2. The summed E-state index contributed by atoms with van der Waals surface area (Å²) in [5, 5.41) is 22.2. The molecule has 4 atom stereocenters. The number of piperazine rings is 2. The molecule has 2 fully saturated rings. The van der Waals surface area contributed by atoms with Crippen LogP contribution in [0.1, 0.15) is 61.5 Å². The Morgan fingerprint density at radius 3 is 1.60 bits per heavy atom. The first-order valence-corrected chi connectivity index (χ1v) is 17.7. The van der Waals surface area contributed by atoms with Crippen LogP contribution in [-0.2, 0) is 14.4 Å². The van der Waals surface area contributed by atoms with Crippen LogP contribution in [0, 0.1) is 23.5 Å². The second kappa shape index (κ2) is 17.3. The number of benzene rings is 2. The smallest absolute Gasteiger partial charge is 0.328 e. The first-order chi connectivity index (χ1) is 26.1. The third kappa shape index (κ3) is 9.68. The fourth-order valence-corrected chi connectivity index (χ4v) is 6.21. The Balaban J connectivity index is 0.000000211. The average molecular weight is 761 g/mol. The third-order valence-electron chi connectivity index (χ3n) is 8.98. The van der Waals surface area contributed by atoms with Gasteiger partial charge in [0.15, 0.2) is 22.9 Å². The molecule has 3 N–H and O–H groups in total. The van der Waals surface area contributed by atoms with Gasteiger partial charge in [0.05, 0.1) is 12.6 Å². The molecule has 0 aliphatic carbocycles. The summed E-state index contributed by atoms with van der Waals surface area (Å²) in [5.74, 6) is -2.69. The maximum absolute atomic E-state index is 13.1. The molecule has 2 saturated heterocycles. The largest absolute Gasteiger partial charge is 0.480 e. The van der Waals surface area contributed by atoms with Crippen LogP contribution in [0.25, 0.3) is 22.6 Å². The molecular weight excluding hydrogens is 718 g/mol. The van der Waals surface area contributed by atoms with E-state index in [4.69, 9.17) is 9.05 Å². The number of carboxylic acid groups (broad SMARTS) is 1. The van der Waals surface area contributed by atoms with E-state index in [1.54, 1.807) is 18.2 Å². The molecule has 2 aromatic carbocycles. The lowest BCUT2D eigenvalue weighted by molar-refractivity contribution is -0.146. The summed E-state index contributed by atoms with van der Waals surface area (Å²) in [6.45, 7) is 11.7. The minimum absolute atomic E-state index is 0.0491. The van der Waals surface area contributed by atoms with Crippen LogP contribution in [0.3, 0.4) is 0 Å². The quantitative estimate of drug-likeness (QED) is 0.187. The van der Waals surface area contributed by atoms with Crippen LogP contribution < -0.4 is 10.6 Å². The Morgan fingerprint density at radius 2 is 1.20 bits per heavy atom. The standard InChI is InChI=1S/C20H22FN3O3.C19H20FN3O5/c1-4-15-11-24(17(9-12(2)3)19(25)22-15)20(26)16-10-18(27-23-16)13-5-7-14(21)8-6-13;1-10(2)7-15-17(24)21-14(19(26)27)9-23(15)18(25)13-8-16(28-22-13)11-3-5-12(20)6-4-11/h4-8,10,12,15,17H,1,9,11H2,2-3H3,(H,22,25);3-6,8,10,14-15H,7,9H2,1-2H3,(H,21,24)(H,26,27)/t15-,17-;14-,15+/m01/s1. The maximum Gasteiger partial charge on any atom is 0.328 e. The normalized spacial score (nSPS) is 19.7. The number of carbonyl (C=O) groups excluding carboxylic acids is 4. The highest BCUT2D eigenvalue weighted by atomic mass is 19.1. The van der Waals surface area contributed by atoms with E-state index in [0.29, 0.717) is 36.3 Å². The molecule has 290 valence electrons. The van der Waals surface area contributed by atoms with Crippen molar-refractivity contribution in [2.24, 2.45) is 11.8 Å². The van der Waals surface area contributed by atoms with Gasteiger partial charge in [-0.25, -0.2) is 13.6 Å². The highest BCUT2D eigenvalue weighted by molar-refractivity contribution is 5.99. The van der Waals surface area contributed by atoms with Gasteiger partial charge in [-0.1, -0.05) is 44.1 Å². The highest BCUT2D eigenvalue weighted by Gasteiger charge is 2.41. The highest BCUT2D eigenvalue weighted by Crippen LogP contribution is 2.26. The summed E-state index contributed by atoms with van der Waals surface area (Å²) in [4.78, 5) is 65.0. The van der Waals surface area contributed by atoms with Gasteiger partial charge in [0.1, 0.15) is 29.8 Å². The SMILES string of the molecule is C=C[C@H]1CN(C(=O)c2cc(-c3ccc(F)cc3)on2)[C@@H](CC(C)C)C(=O)N1.CC(C)C[C@H]1C(=O)N[C@@H](C(=O)O)CN1C(=O)c1cc(-c2ccc(F)cc2)on1. The van der Waals surface area contributed by atoms with Crippen LogP contribution >= 0.6 is 0 Å². The van der Waals surface area contributed by atoms with Crippen molar-refractivity contribution in [2.75, 3.05) is 13.1 Å². The molecule has 0 saturated carbocycles. The Bertz CT molecular complexity index is 2030. The minimum Gasteiger partial charge on any atom is -0.480 e. The fraction of sp³-hybridized carbons (Fsp3) is 0.359. The monoisotopic (exact) mass is 760 g/mol. The number of aromatic nitrogens is 2. The van der Waals surface area contributed by atoms with Gasteiger partial charge in [-0.3, -0.25) is 19.2 Å². The number of halogens is 2. The molecule has 2 aliphatic heterocycles. The lowest BCUT2D eigenvalue weighted by Gasteiger charge is -2.38. The number of amides is 4. The number of nitrogens with zero attached hydrogens (tertiary/aromatic N) is 4. The number of aliphatic carboxylic acids is 1. The van der Waals surface area contributed by atoms with Gasteiger partial charge >= 0.3 is 5.97 Å². The Labute approximate surface area is 315 Å². The Kier molecular flexibility index (Phi) is 12.6. The first kappa shape index (κ1) is 40.0. The van der Waals surface area contributed by atoms with E-state index in [2.05, 4.69) is 27.5 Å². The molecule has 0 unspecified atom stereocenters. The number of carbonyl (C=O) groups is 5. The first-order valence-electron chi connectivity index (χ1n) is 17.7. The van der Waals surface area contributed by atoms with Gasteiger partial charge in [0.25, 0.3) is 11.8 Å². The zero-order valence-corrected chi connectivity index (χ0v) is 30.7. The van der Waals surface area contributed by atoms with Crippen molar-refractivity contribution in [1.82, 2.24) is 30.7 Å². The summed E-state index contributed by atoms with van der Waals surface area (Å²) in [5.41, 5.74) is 1.21. The molecule has 16 heteroatoms. The number of hydrogen-bond donors (Lipinski definition) is 3. The molecule has 6 rings (SSSR count). The molecular formula is C39H42F2N6O8. The van der Waals surface area contributed by atoms with Crippen molar-refractivity contribution >= 4 is 29.6 Å². The average Bonchev–Trinajstić information content (AvgIpc) is 3.85. The van der Waals surface area contributed by atoms with Crippen molar-refractivity contribution in [3.05, 3.63) is 96.3 Å². The van der Waals surface area contributed by atoms with Crippen LogP contribution in [0.15, 0.2) is 82.4 Å². The molecule has 4 aromatic rings. The van der Waals surface area contributed by atoms with E-state index in [1.165, 1.54) is 58.3 Å².